The number of rotatable bonds is 2. The molecule has 1 aliphatic carbocycles. The topological polar surface area (TPSA) is 75.2 Å². The van der Waals surface area contributed by atoms with Gasteiger partial charge in [0.1, 0.15) is 5.54 Å². The van der Waals surface area contributed by atoms with E-state index < -0.39 is 5.54 Å². The number of amides is 3. The zero-order valence-corrected chi connectivity index (χ0v) is 14.9. The Hall–Kier alpha value is -3.28. The Bertz CT molecular complexity index is 1110. The number of carbonyl (C=O) groups excluding carboxylic acids is 2. The van der Waals surface area contributed by atoms with Crippen molar-refractivity contribution in [1.29, 1.82) is 0 Å². The number of hydrogen-bond donors (Lipinski definition) is 1. The highest BCUT2D eigenvalue weighted by molar-refractivity contribution is 6.08. The van der Waals surface area contributed by atoms with Crippen molar-refractivity contribution >= 4 is 23.0 Å². The van der Waals surface area contributed by atoms with Crippen molar-refractivity contribution in [3.05, 3.63) is 71.0 Å². The van der Waals surface area contributed by atoms with Gasteiger partial charge >= 0.3 is 6.03 Å². The van der Waals surface area contributed by atoms with Gasteiger partial charge in [-0.05, 0) is 43.0 Å². The first kappa shape index (κ1) is 15.9. The number of nitrogens with one attached hydrogen (secondary N) is 1. The van der Waals surface area contributed by atoms with Gasteiger partial charge in [0.25, 0.3) is 5.91 Å². The minimum atomic E-state index is -0.939. The molecule has 0 bridgehead atoms. The van der Waals surface area contributed by atoms with Gasteiger partial charge in [-0.1, -0.05) is 36.4 Å². The molecular weight excluding hydrogens is 340 g/mol. The average Bonchev–Trinajstić information content (AvgIpc) is 3.16. The van der Waals surface area contributed by atoms with Crippen LogP contribution in [0.15, 0.2) is 48.5 Å². The van der Waals surface area contributed by atoms with Crippen molar-refractivity contribution in [3.63, 3.8) is 0 Å². The predicted octanol–water partition coefficient (Wildman–Crippen LogP) is 2.83. The van der Waals surface area contributed by atoms with Gasteiger partial charge in [0, 0.05) is 0 Å². The highest BCUT2D eigenvalue weighted by Crippen LogP contribution is 2.41. The number of imide groups is 1. The summed E-state index contributed by atoms with van der Waals surface area (Å²) < 4.78 is 0. The number of fused-ring (bicyclic) bond motifs is 3. The molecular formula is C21H18N4O2. The smallest absolute Gasteiger partial charge is 0.319 e. The van der Waals surface area contributed by atoms with Crippen LogP contribution in [0.5, 0.6) is 0 Å². The van der Waals surface area contributed by atoms with Crippen molar-refractivity contribution in [2.24, 2.45) is 0 Å². The number of urea groups is 1. The normalized spacial score (nSPS) is 21.1. The second-order valence-electron chi connectivity index (χ2n) is 7.13. The maximum atomic E-state index is 13.3. The Morgan fingerprint density at radius 3 is 2.56 bits per heavy atom. The Labute approximate surface area is 156 Å². The SMILES string of the molecule is Cc1nc2ccccc2nc1CN1C(=O)N[C@@]2(CCc3ccccc32)C1=O. The molecule has 1 N–H and O–H groups in total. The first-order chi connectivity index (χ1) is 13.1. The molecule has 6 heteroatoms. The quantitative estimate of drug-likeness (QED) is 0.715. The average molecular weight is 358 g/mol. The monoisotopic (exact) mass is 358 g/mol. The van der Waals surface area contributed by atoms with E-state index in [1.54, 1.807) is 0 Å². The molecule has 6 nitrogen and oxygen atoms in total. The van der Waals surface area contributed by atoms with E-state index in [2.05, 4.69) is 15.3 Å². The fourth-order valence-electron chi connectivity index (χ4n) is 4.16. The molecule has 1 aromatic heterocycles. The van der Waals surface area contributed by atoms with Crippen LogP contribution >= 0.6 is 0 Å². The predicted molar refractivity (Wildman–Crippen MR) is 99.8 cm³/mol. The van der Waals surface area contributed by atoms with E-state index in [0.717, 1.165) is 34.3 Å². The first-order valence-corrected chi connectivity index (χ1v) is 9.03. The molecule has 5 rings (SSSR count). The Morgan fingerprint density at radius 1 is 1.04 bits per heavy atom. The van der Waals surface area contributed by atoms with E-state index in [1.165, 1.54) is 4.90 Å². The number of benzene rings is 2. The zero-order valence-electron chi connectivity index (χ0n) is 14.9. The van der Waals surface area contributed by atoms with Gasteiger partial charge in [-0.15, -0.1) is 0 Å². The van der Waals surface area contributed by atoms with Crippen molar-refractivity contribution < 1.29 is 9.59 Å². The van der Waals surface area contributed by atoms with Crippen LogP contribution in [0.4, 0.5) is 4.79 Å². The molecule has 3 aromatic rings. The molecule has 0 radical (unpaired) electrons. The van der Waals surface area contributed by atoms with Crippen LogP contribution in [0.3, 0.4) is 0 Å². The summed E-state index contributed by atoms with van der Waals surface area (Å²) in [6.45, 7) is 1.98. The van der Waals surface area contributed by atoms with E-state index in [4.69, 9.17) is 0 Å². The third-order valence-corrected chi connectivity index (χ3v) is 5.57. The van der Waals surface area contributed by atoms with Crippen LogP contribution in [0.25, 0.3) is 11.0 Å². The Morgan fingerprint density at radius 2 is 1.74 bits per heavy atom. The fourth-order valence-corrected chi connectivity index (χ4v) is 4.16. The summed E-state index contributed by atoms with van der Waals surface area (Å²) in [5.74, 6) is -0.202. The number of aromatic nitrogens is 2. The van der Waals surface area contributed by atoms with Crippen molar-refractivity contribution in [1.82, 2.24) is 20.2 Å². The summed E-state index contributed by atoms with van der Waals surface area (Å²) in [7, 11) is 0. The van der Waals surface area contributed by atoms with Gasteiger partial charge in [0.05, 0.1) is 29.0 Å². The fraction of sp³-hybridized carbons (Fsp3) is 0.238. The van der Waals surface area contributed by atoms with Crippen LogP contribution in [-0.4, -0.2) is 26.8 Å². The largest absolute Gasteiger partial charge is 0.325 e. The summed E-state index contributed by atoms with van der Waals surface area (Å²) >= 11 is 0. The lowest BCUT2D eigenvalue weighted by Gasteiger charge is -2.22. The summed E-state index contributed by atoms with van der Waals surface area (Å²) in [4.78, 5) is 36.4. The van der Waals surface area contributed by atoms with Crippen molar-refractivity contribution in [3.8, 4) is 0 Å². The van der Waals surface area contributed by atoms with Crippen LogP contribution in [0, 0.1) is 6.92 Å². The molecule has 1 aliphatic heterocycles. The molecule has 2 heterocycles. The summed E-state index contributed by atoms with van der Waals surface area (Å²) in [6.07, 6.45) is 1.38. The lowest BCUT2D eigenvalue weighted by atomic mass is 9.92. The second kappa shape index (κ2) is 5.61. The van der Waals surface area contributed by atoms with Gasteiger partial charge in [-0.2, -0.15) is 0 Å². The third kappa shape index (κ3) is 2.26. The van der Waals surface area contributed by atoms with Gasteiger partial charge in [0.15, 0.2) is 0 Å². The van der Waals surface area contributed by atoms with Gasteiger partial charge in [0.2, 0.25) is 0 Å². The molecule has 1 spiro atoms. The highest BCUT2D eigenvalue weighted by atomic mass is 16.2. The molecule has 27 heavy (non-hydrogen) atoms. The number of carbonyl (C=O) groups is 2. The van der Waals surface area contributed by atoms with Crippen LogP contribution < -0.4 is 5.32 Å². The van der Waals surface area contributed by atoms with Crippen LogP contribution in [-0.2, 0) is 23.3 Å². The zero-order chi connectivity index (χ0) is 18.6. The lowest BCUT2D eigenvalue weighted by Crippen LogP contribution is -2.41. The van der Waals surface area contributed by atoms with Gasteiger partial charge in [-0.3, -0.25) is 9.69 Å². The van der Waals surface area contributed by atoms with E-state index in [0.29, 0.717) is 12.1 Å². The lowest BCUT2D eigenvalue weighted by molar-refractivity contribution is -0.132. The summed E-state index contributed by atoms with van der Waals surface area (Å²) in [5, 5.41) is 2.95. The second-order valence-corrected chi connectivity index (χ2v) is 7.13. The number of nitrogens with zero attached hydrogens (tertiary/aromatic N) is 3. The molecule has 2 aliphatic rings. The molecule has 1 atom stereocenters. The molecule has 2 aromatic carbocycles. The third-order valence-electron chi connectivity index (χ3n) is 5.57. The van der Waals surface area contributed by atoms with Crippen LogP contribution in [0.2, 0.25) is 0 Å². The maximum absolute atomic E-state index is 13.3. The van der Waals surface area contributed by atoms with Gasteiger partial charge < -0.3 is 5.32 Å². The Balaban J connectivity index is 1.51. The van der Waals surface area contributed by atoms with E-state index >= 15 is 0 Å². The van der Waals surface area contributed by atoms with E-state index in [1.807, 2.05) is 55.5 Å². The van der Waals surface area contributed by atoms with Crippen LogP contribution in [0.1, 0.15) is 28.9 Å². The van der Waals surface area contributed by atoms with Crippen molar-refractivity contribution in [2.75, 3.05) is 0 Å². The highest BCUT2D eigenvalue weighted by Gasteiger charge is 2.55. The maximum Gasteiger partial charge on any atom is 0.325 e. The summed E-state index contributed by atoms with van der Waals surface area (Å²) in [5.41, 5.74) is 4.01. The number of hydrogen-bond acceptors (Lipinski definition) is 4. The molecule has 1 saturated heterocycles. The van der Waals surface area contributed by atoms with E-state index in [-0.39, 0.29) is 18.5 Å². The summed E-state index contributed by atoms with van der Waals surface area (Å²) in [6, 6.07) is 15.0. The minimum absolute atomic E-state index is 0.123. The van der Waals surface area contributed by atoms with E-state index in [9.17, 15) is 9.59 Å². The number of aryl methyl sites for hydroxylation is 2. The standard InChI is InChI=1S/C21H18N4O2/c1-13-18(23-17-9-5-4-8-16(17)22-13)12-25-19(26)21(24-20(25)27)11-10-14-6-2-3-7-15(14)21/h2-9H,10-12H2,1H3,(H,24,27)/t21-/m1/s1. The minimum Gasteiger partial charge on any atom is -0.319 e. The first-order valence-electron chi connectivity index (χ1n) is 9.03. The Kier molecular flexibility index (Phi) is 3.31. The molecule has 134 valence electrons. The molecule has 0 unspecified atom stereocenters. The molecule has 3 amide bonds. The molecule has 0 saturated carbocycles. The molecule has 1 fully saturated rings. The van der Waals surface area contributed by atoms with Gasteiger partial charge in [-0.25, -0.2) is 14.8 Å². The van der Waals surface area contributed by atoms with Crippen molar-refractivity contribution in [2.45, 2.75) is 31.8 Å². The number of para-hydroxylation sites is 2.